The Balaban J connectivity index is 2.01. The summed E-state index contributed by atoms with van der Waals surface area (Å²) < 4.78 is 5.51. The molecule has 2 heteroatoms. The molecule has 2 rings (SSSR count). The Labute approximate surface area is 92.4 Å². The Kier molecular flexibility index (Phi) is 2.56. The van der Waals surface area contributed by atoms with Crippen LogP contribution in [0.1, 0.15) is 59.3 Å². The van der Waals surface area contributed by atoms with Crippen LogP contribution in [0, 0.1) is 11.3 Å². The number of carbonyl (C=O) groups is 1. The Morgan fingerprint density at radius 1 is 1.20 bits per heavy atom. The highest BCUT2D eigenvalue weighted by Gasteiger charge is 2.51. The van der Waals surface area contributed by atoms with Crippen LogP contribution in [0.3, 0.4) is 0 Å². The van der Waals surface area contributed by atoms with Crippen LogP contribution in [0.5, 0.6) is 0 Å². The fraction of sp³-hybridized carbons (Fsp3) is 0.923. The van der Waals surface area contributed by atoms with Gasteiger partial charge in [0.05, 0.1) is 5.92 Å². The first kappa shape index (κ1) is 11.0. The Hall–Kier alpha value is -0.530. The molecule has 15 heavy (non-hydrogen) atoms. The minimum Gasteiger partial charge on any atom is -0.460 e. The number of carbonyl (C=O) groups excluding carboxylic acids is 1. The van der Waals surface area contributed by atoms with E-state index in [0.29, 0.717) is 5.41 Å². The Morgan fingerprint density at radius 3 is 2.27 bits per heavy atom. The molecule has 0 N–H and O–H groups in total. The molecule has 2 nitrogen and oxygen atoms in total. The highest BCUT2D eigenvalue weighted by molar-refractivity contribution is 5.74. The lowest BCUT2D eigenvalue weighted by atomic mass is 9.62. The summed E-state index contributed by atoms with van der Waals surface area (Å²) >= 11 is 0. The van der Waals surface area contributed by atoms with Gasteiger partial charge in [-0.05, 0) is 51.9 Å². The van der Waals surface area contributed by atoms with E-state index < -0.39 is 0 Å². The smallest absolute Gasteiger partial charge is 0.310 e. The molecular formula is C13H22O2. The van der Waals surface area contributed by atoms with Gasteiger partial charge in [-0.15, -0.1) is 0 Å². The molecule has 2 aliphatic carbocycles. The van der Waals surface area contributed by atoms with Crippen molar-refractivity contribution in [3.05, 3.63) is 0 Å². The van der Waals surface area contributed by atoms with Crippen molar-refractivity contribution in [2.75, 3.05) is 0 Å². The van der Waals surface area contributed by atoms with Crippen molar-refractivity contribution in [2.45, 2.75) is 64.9 Å². The van der Waals surface area contributed by atoms with Gasteiger partial charge in [0, 0.05) is 0 Å². The molecule has 0 saturated heterocycles. The van der Waals surface area contributed by atoms with Crippen molar-refractivity contribution in [3.63, 3.8) is 0 Å². The highest BCUT2D eigenvalue weighted by Crippen LogP contribution is 2.57. The van der Waals surface area contributed by atoms with Gasteiger partial charge in [0.2, 0.25) is 0 Å². The standard InChI is InChI=1S/C13H22O2/c1-12(2,3)15-11(14)10-6-4-7-13(10)8-5-9-13/h10H,4-9H2,1-3H3. The topological polar surface area (TPSA) is 26.3 Å². The third-order valence-electron chi connectivity index (χ3n) is 3.95. The number of ether oxygens (including phenoxy) is 1. The lowest BCUT2D eigenvalue weighted by molar-refractivity contribution is -0.166. The minimum atomic E-state index is -0.329. The highest BCUT2D eigenvalue weighted by atomic mass is 16.6. The van der Waals surface area contributed by atoms with Gasteiger partial charge in [-0.2, -0.15) is 0 Å². The van der Waals surface area contributed by atoms with Crippen LogP contribution in [-0.2, 0) is 9.53 Å². The van der Waals surface area contributed by atoms with Crippen molar-refractivity contribution < 1.29 is 9.53 Å². The lowest BCUT2D eigenvalue weighted by Crippen LogP contribution is -2.40. The summed E-state index contributed by atoms with van der Waals surface area (Å²) in [5.41, 5.74) is 0.0208. The first-order valence-electron chi connectivity index (χ1n) is 6.16. The number of hydrogen-bond donors (Lipinski definition) is 0. The molecular weight excluding hydrogens is 188 g/mol. The van der Waals surface area contributed by atoms with Gasteiger partial charge in [-0.3, -0.25) is 4.79 Å². The van der Waals surface area contributed by atoms with Gasteiger partial charge in [-0.25, -0.2) is 0 Å². The maximum absolute atomic E-state index is 12.0. The number of hydrogen-bond acceptors (Lipinski definition) is 2. The van der Waals surface area contributed by atoms with Gasteiger partial charge < -0.3 is 4.74 Å². The second-order valence-electron chi connectivity index (χ2n) is 6.19. The zero-order valence-corrected chi connectivity index (χ0v) is 10.1. The maximum atomic E-state index is 12.0. The first-order valence-corrected chi connectivity index (χ1v) is 6.16. The molecule has 0 heterocycles. The predicted molar refractivity (Wildman–Crippen MR) is 59.5 cm³/mol. The molecule has 86 valence electrons. The van der Waals surface area contributed by atoms with Gasteiger partial charge in [0.25, 0.3) is 0 Å². The van der Waals surface area contributed by atoms with Crippen LogP contribution < -0.4 is 0 Å². The summed E-state index contributed by atoms with van der Waals surface area (Å²) in [6.45, 7) is 5.86. The Bertz CT molecular complexity index is 258. The summed E-state index contributed by atoms with van der Waals surface area (Å²) in [6.07, 6.45) is 7.31. The Morgan fingerprint density at radius 2 is 1.80 bits per heavy atom. The number of esters is 1. The molecule has 1 unspecified atom stereocenters. The molecule has 0 amide bonds. The van der Waals surface area contributed by atoms with Crippen LogP contribution in [0.15, 0.2) is 0 Å². The summed E-state index contributed by atoms with van der Waals surface area (Å²) in [4.78, 5) is 12.0. The van der Waals surface area contributed by atoms with Gasteiger partial charge in [0.1, 0.15) is 5.60 Å². The van der Waals surface area contributed by atoms with Crippen molar-refractivity contribution in [2.24, 2.45) is 11.3 Å². The third kappa shape index (κ3) is 2.04. The predicted octanol–water partition coefficient (Wildman–Crippen LogP) is 3.30. The maximum Gasteiger partial charge on any atom is 0.310 e. The summed E-state index contributed by atoms with van der Waals surface area (Å²) in [5, 5.41) is 0. The van der Waals surface area contributed by atoms with Gasteiger partial charge in [-0.1, -0.05) is 12.8 Å². The van der Waals surface area contributed by atoms with Gasteiger partial charge >= 0.3 is 5.97 Å². The second-order valence-corrected chi connectivity index (χ2v) is 6.19. The number of rotatable bonds is 1. The second kappa shape index (κ2) is 3.50. The quantitative estimate of drug-likeness (QED) is 0.621. The average molecular weight is 210 g/mol. The van der Waals surface area contributed by atoms with Crippen LogP contribution >= 0.6 is 0 Å². The molecule has 0 aromatic heterocycles. The molecule has 2 aliphatic rings. The molecule has 0 aliphatic heterocycles. The summed E-state index contributed by atoms with van der Waals surface area (Å²) in [6, 6.07) is 0. The van der Waals surface area contributed by atoms with E-state index in [-0.39, 0.29) is 17.5 Å². The van der Waals surface area contributed by atoms with Crippen LogP contribution in [0.4, 0.5) is 0 Å². The van der Waals surface area contributed by atoms with Crippen molar-refractivity contribution in [3.8, 4) is 0 Å². The zero-order valence-electron chi connectivity index (χ0n) is 10.1. The van der Waals surface area contributed by atoms with E-state index in [9.17, 15) is 4.79 Å². The van der Waals surface area contributed by atoms with Crippen LogP contribution in [0.25, 0.3) is 0 Å². The van der Waals surface area contributed by atoms with Crippen molar-refractivity contribution >= 4 is 5.97 Å². The SMILES string of the molecule is CC(C)(C)OC(=O)C1CCCC12CCC2. The van der Waals surface area contributed by atoms with Gasteiger partial charge in [0.15, 0.2) is 0 Å². The first-order chi connectivity index (χ1) is 6.93. The molecule has 0 radical (unpaired) electrons. The van der Waals surface area contributed by atoms with E-state index in [1.54, 1.807) is 0 Å². The molecule has 1 atom stereocenters. The van der Waals surface area contributed by atoms with E-state index >= 15 is 0 Å². The molecule has 1 spiro atoms. The summed E-state index contributed by atoms with van der Waals surface area (Å²) in [7, 11) is 0. The van der Waals surface area contributed by atoms with E-state index in [4.69, 9.17) is 4.74 Å². The molecule has 2 saturated carbocycles. The van der Waals surface area contributed by atoms with E-state index in [0.717, 1.165) is 6.42 Å². The van der Waals surface area contributed by atoms with E-state index in [2.05, 4.69) is 0 Å². The normalized spacial score (nSPS) is 28.9. The fourth-order valence-corrected chi connectivity index (χ4v) is 3.11. The summed E-state index contributed by atoms with van der Waals surface area (Å²) in [5.74, 6) is 0.255. The van der Waals surface area contributed by atoms with E-state index in [1.807, 2.05) is 20.8 Å². The largest absolute Gasteiger partial charge is 0.460 e. The molecule has 0 aromatic rings. The van der Waals surface area contributed by atoms with Crippen LogP contribution in [-0.4, -0.2) is 11.6 Å². The average Bonchev–Trinajstić information content (AvgIpc) is 2.42. The molecule has 0 bridgehead atoms. The lowest BCUT2D eigenvalue weighted by Gasteiger charge is -2.43. The van der Waals surface area contributed by atoms with Crippen molar-refractivity contribution in [1.82, 2.24) is 0 Å². The monoisotopic (exact) mass is 210 g/mol. The third-order valence-corrected chi connectivity index (χ3v) is 3.95. The zero-order chi connectivity index (χ0) is 11.1. The van der Waals surface area contributed by atoms with Crippen molar-refractivity contribution in [1.29, 1.82) is 0 Å². The fourth-order valence-electron chi connectivity index (χ4n) is 3.11. The molecule has 2 fully saturated rings. The van der Waals surface area contributed by atoms with Crippen LogP contribution in [0.2, 0.25) is 0 Å². The molecule has 0 aromatic carbocycles. The minimum absolute atomic E-state index is 0.0553. The van der Waals surface area contributed by atoms with E-state index in [1.165, 1.54) is 32.1 Å².